The number of para-hydroxylation sites is 1. The lowest BCUT2D eigenvalue weighted by Gasteiger charge is -2.09. The summed E-state index contributed by atoms with van der Waals surface area (Å²) in [6.07, 6.45) is 0. The number of anilines is 2. The van der Waals surface area contributed by atoms with Crippen molar-refractivity contribution >= 4 is 48.8 Å². The molecule has 27 heavy (non-hydrogen) atoms. The molecule has 0 bridgehead atoms. The van der Waals surface area contributed by atoms with Crippen LogP contribution in [0.4, 0.5) is 25.0 Å². The lowest BCUT2D eigenvalue weighted by molar-refractivity contribution is 0.262. The summed E-state index contributed by atoms with van der Waals surface area (Å²) in [4.78, 5) is 16.1. The third kappa shape index (κ3) is 3.91. The van der Waals surface area contributed by atoms with Crippen LogP contribution in [-0.4, -0.2) is 24.7 Å². The maximum absolute atomic E-state index is 13.6. The van der Waals surface area contributed by atoms with Gasteiger partial charge in [0.1, 0.15) is 17.3 Å². The van der Waals surface area contributed by atoms with E-state index in [0.717, 1.165) is 23.5 Å². The molecule has 10 heteroatoms. The molecule has 0 atom stereocenters. The minimum Gasteiger partial charge on any atom is -0.308 e. The Morgan fingerprint density at radius 1 is 1.11 bits per heavy atom. The first-order chi connectivity index (χ1) is 12.7. The first-order valence-electron chi connectivity index (χ1n) is 7.85. The van der Waals surface area contributed by atoms with Gasteiger partial charge < -0.3 is 10.6 Å². The van der Waals surface area contributed by atoms with E-state index in [1.54, 1.807) is 26.0 Å². The molecular formula is C17H15F2N3O3S2. The van der Waals surface area contributed by atoms with Crippen molar-refractivity contribution in [2.45, 2.75) is 23.4 Å². The average molecular weight is 411 g/mol. The van der Waals surface area contributed by atoms with Gasteiger partial charge in [0.25, 0.3) is 0 Å². The third-order valence-corrected chi connectivity index (χ3v) is 7.27. The topological polar surface area (TPSA) is 88.2 Å². The predicted molar refractivity (Wildman–Crippen MR) is 101 cm³/mol. The van der Waals surface area contributed by atoms with Gasteiger partial charge in [0.05, 0.1) is 15.5 Å². The highest BCUT2D eigenvalue weighted by Crippen LogP contribution is 2.30. The summed E-state index contributed by atoms with van der Waals surface area (Å²) in [6, 6.07) is 7.03. The third-order valence-electron chi connectivity index (χ3n) is 3.69. The van der Waals surface area contributed by atoms with Gasteiger partial charge in [-0.25, -0.2) is 27.0 Å². The fraction of sp³-hybridized carbons (Fsp3) is 0.176. The van der Waals surface area contributed by atoms with E-state index < -0.39 is 38.4 Å². The summed E-state index contributed by atoms with van der Waals surface area (Å²) in [5, 5.41) is 3.97. The minimum absolute atomic E-state index is 0.00234. The highest BCUT2D eigenvalue weighted by Gasteiger charge is 2.23. The van der Waals surface area contributed by atoms with Crippen molar-refractivity contribution in [1.29, 1.82) is 0 Å². The molecule has 0 aliphatic heterocycles. The van der Waals surface area contributed by atoms with Gasteiger partial charge in [0.15, 0.2) is 0 Å². The number of urea groups is 1. The first-order valence-corrected chi connectivity index (χ1v) is 10.2. The molecular weight excluding hydrogens is 396 g/mol. The van der Waals surface area contributed by atoms with Gasteiger partial charge in [-0.1, -0.05) is 6.07 Å². The molecule has 0 saturated carbocycles. The van der Waals surface area contributed by atoms with Crippen molar-refractivity contribution in [1.82, 2.24) is 4.98 Å². The van der Waals surface area contributed by atoms with Gasteiger partial charge in [-0.2, -0.15) is 0 Å². The van der Waals surface area contributed by atoms with E-state index in [-0.39, 0.29) is 4.34 Å². The number of hydrogen-bond donors (Lipinski definition) is 2. The molecule has 0 spiro atoms. The number of thiazole rings is 1. The molecule has 0 unspecified atom stereocenters. The molecule has 0 radical (unpaired) electrons. The molecule has 6 nitrogen and oxygen atoms in total. The van der Waals surface area contributed by atoms with Crippen LogP contribution >= 0.6 is 11.3 Å². The number of benzene rings is 2. The Morgan fingerprint density at radius 3 is 2.41 bits per heavy atom. The zero-order chi connectivity index (χ0) is 19.8. The van der Waals surface area contributed by atoms with Gasteiger partial charge in [0, 0.05) is 5.69 Å². The Morgan fingerprint density at radius 2 is 1.78 bits per heavy atom. The zero-order valence-electron chi connectivity index (χ0n) is 14.3. The number of fused-ring (bicyclic) bond motifs is 1. The van der Waals surface area contributed by atoms with Gasteiger partial charge in [-0.3, -0.25) is 0 Å². The fourth-order valence-electron chi connectivity index (χ4n) is 2.20. The van der Waals surface area contributed by atoms with Crippen LogP contribution in [0.15, 0.2) is 40.7 Å². The van der Waals surface area contributed by atoms with Crippen LogP contribution in [0.25, 0.3) is 10.2 Å². The summed E-state index contributed by atoms with van der Waals surface area (Å²) in [5.74, 6) is -1.79. The lowest BCUT2D eigenvalue weighted by atomic mass is 10.3. The molecule has 0 aliphatic rings. The second-order valence-corrected chi connectivity index (χ2v) is 9.64. The Kier molecular flexibility index (Phi) is 5.11. The van der Waals surface area contributed by atoms with Crippen molar-refractivity contribution in [3.05, 3.63) is 48.0 Å². The van der Waals surface area contributed by atoms with E-state index >= 15 is 0 Å². The van der Waals surface area contributed by atoms with E-state index in [4.69, 9.17) is 0 Å². The molecule has 0 saturated heterocycles. The Labute approximate surface area is 158 Å². The summed E-state index contributed by atoms with van der Waals surface area (Å²) in [7, 11) is -3.50. The van der Waals surface area contributed by atoms with Crippen molar-refractivity contribution < 1.29 is 22.0 Å². The molecule has 3 rings (SSSR count). The number of sulfone groups is 1. The van der Waals surface area contributed by atoms with Crippen molar-refractivity contribution in [2.75, 3.05) is 10.6 Å². The highest BCUT2D eigenvalue weighted by molar-refractivity contribution is 7.94. The second-order valence-electron chi connectivity index (χ2n) is 5.93. The summed E-state index contributed by atoms with van der Waals surface area (Å²) >= 11 is 0.992. The van der Waals surface area contributed by atoms with Crippen LogP contribution in [0.1, 0.15) is 13.8 Å². The Bertz CT molecular complexity index is 1110. The largest absolute Gasteiger partial charge is 0.323 e. The minimum atomic E-state index is -3.50. The number of aromatic nitrogens is 1. The molecule has 0 fully saturated rings. The summed E-state index contributed by atoms with van der Waals surface area (Å²) < 4.78 is 52.2. The van der Waals surface area contributed by atoms with Gasteiger partial charge in [0.2, 0.25) is 14.2 Å². The molecule has 3 aromatic rings. The molecule has 142 valence electrons. The Balaban J connectivity index is 1.82. The molecule has 2 amide bonds. The number of rotatable bonds is 4. The summed E-state index contributed by atoms with van der Waals surface area (Å²) in [5.41, 5.74) is 0.249. The van der Waals surface area contributed by atoms with Crippen molar-refractivity contribution in [3.8, 4) is 0 Å². The van der Waals surface area contributed by atoms with Gasteiger partial charge in [-0.15, -0.1) is 11.3 Å². The molecule has 2 aromatic carbocycles. The highest BCUT2D eigenvalue weighted by atomic mass is 32.2. The number of nitrogens with zero attached hydrogens (tertiary/aromatic N) is 1. The predicted octanol–water partition coefficient (Wildman–Crippen LogP) is 4.40. The number of hydrogen-bond acceptors (Lipinski definition) is 5. The van der Waals surface area contributed by atoms with E-state index in [9.17, 15) is 22.0 Å². The quantitative estimate of drug-likeness (QED) is 0.666. The fourth-order valence-corrected chi connectivity index (χ4v) is 4.87. The molecule has 0 aliphatic carbocycles. The number of nitrogens with one attached hydrogen (secondary N) is 2. The van der Waals surface area contributed by atoms with E-state index in [2.05, 4.69) is 15.6 Å². The smallest absolute Gasteiger partial charge is 0.308 e. The standard InChI is InChI=1S/C17H15F2N3O3S2/c1-9(2)27(24,25)17-21-13-7-6-10(8-14(13)26-17)20-16(23)22-15-11(18)4-3-5-12(15)19/h3-9H,1-2H3,(H2,20,22,23). The average Bonchev–Trinajstić information content (AvgIpc) is 3.02. The molecule has 1 heterocycles. The second kappa shape index (κ2) is 7.20. The monoisotopic (exact) mass is 411 g/mol. The summed E-state index contributed by atoms with van der Waals surface area (Å²) in [6.45, 7) is 3.14. The normalized spacial score (nSPS) is 11.7. The van der Waals surface area contributed by atoms with E-state index in [1.807, 2.05) is 0 Å². The van der Waals surface area contributed by atoms with E-state index in [1.165, 1.54) is 12.1 Å². The molecule has 1 aromatic heterocycles. The Hall–Kier alpha value is -2.59. The van der Waals surface area contributed by atoms with Crippen LogP contribution in [0.5, 0.6) is 0 Å². The van der Waals surface area contributed by atoms with Gasteiger partial charge >= 0.3 is 6.03 Å². The SMILES string of the molecule is CC(C)S(=O)(=O)c1nc2ccc(NC(=O)Nc3c(F)cccc3F)cc2s1. The van der Waals surface area contributed by atoms with Crippen molar-refractivity contribution in [2.24, 2.45) is 0 Å². The number of halogens is 2. The maximum atomic E-state index is 13.6. The van der Waals surface area contributed by atoms with Gasteiger partial charge in [-0.05, 0) is 44.2 Å². The number of amides is 2. The first kappa shape index (κ1) is 19.2. The van der Waals surface area contributed by atoms with Crippen LogP contribution in [0, 0.1) is 11.6 Å². The van der Waals surface area contributed by atoms with Crippen LogP contribution in [0.3, 0.4) is 0 Å². The van der Waals surface area contributed by atoms with E-state index in [0.29, 0.717) is 15.9 Å². The number of carbonyl (C=O) groups excluding carboxylic acids is 1. The van der Waals surface area contributed by atoms with Crippen LogP contribution < -0.4 is 10.6 Å². The number of carbonyl (C=O) groups is 1. The van der Waals surface area contributed by atoms with Crippen LogP contribution in [-0.2, 0) is 9.84 Å². The maximum Gasteiger partial charge on any atom is 0.323 e. The molecule has 2 N–H and O–H groups in total. The lowest BCUT2D eigenvalue weighted by Crippen LogP contribution is -2.20. The van der Waals surface area contributed by atoms with Crippen molar-refractivity contribution in [3.63, 3.8) is 0 Å². The zero-order valence-corrected chi connectivity index (χ0v) is 15.9. The van der Waals surface area contributed by atoms with Crippen LogP contribution in [0.2, 0.25) is 0 Å².